The minimum atomic E-state index is -0.0432. The van der Waals surface area contributed by atoms with Gasteiger partial charge in [-0.25, -0.2) is 0 Å². The summed E-state index contributed by atoms with van der Waals surface area (Å²) in [6.07, 6.45) is 1.02. The van der Waals surface area contributed by atoms with Crippen LogP contribution in [0, 0.1) is 24.7 Å². The Kier molecular flexibility index (Phi) is 5.16. The van der Waals surface area contributed by atoms with Gasteiger partial charge in [-0.05, 0) is 37.1 Å². The van der Waals surface area contributed by atoms with E-state index >= 15 is 0 Å². The van der Waals surface area contributed by atoms with Crippen molar-refractivity contribution < 1.29 is 9.53 Å². The summed E-state index contributed by atoms with van der Waals surface area (Å²) in [5.41, 5.74) is 7.92. The fourth-order valence-corrected chi connectivity index (χ4v) is 2.17. The summed E-state index contributed by atoms with van der Waals surface area (Å²) in [4.78, 5) is 12.1. The van der Waals surface area contributed by atoms with E-state index in [9.17, 15) is 4.79 Å². The summed E-state index contributed by atoms with van der Waals surface area (Å²) in [5, 5.41) is 2.96. The van der Waals surface area contributed by atoms with Crippen molar-refractivity contribution in [2.75, 3.05) is 26.3 Å². The van der Waals surface area contributed by atoms with Gasteiger partial charge in [-0.3, -0.25) is 4.79 Å². The smallest absolute Gasteiger partial charge is 0.251 e. The third kappa shape index (κ3) is 3.83. The highest BCUT2D eigenvalue weighted by molar-refractivity contribution is 5.94. The summed E-state index contributed by atoms with van der Waals surface area (Å²) >= 11 is 0. The molecule has 1 fully saturated rings. The van der Waals surface area contributed by atoms with Crippen LogP contribution in [0.1, 0.15) is 27.9 Å². The van der Waals surface area contributed by atoms with Crippen LogP contribution in [0.5, 0.6) is 0 Å². The number of aryl methyl sites for hydroxylation is 1. The molecule has 106 valence electrons. The van der Waals surface area contributed by atoms with Gasteiger partial charge in [0.05, 0.1) is 13.2 Å². The number of amides is 1. The van der Waals surface area contributed by atoms with Crippen LogP contribution in [0.25, 0.3) is 0 Å². The topological polar surface area (TPSA) is 64.3 Å². The second kappa shape index (κ2) is 7.09. The molecule has 0 saturated carbocycles. The number of hydrogen-bond acceptors (Lipinski definition) is 3. The Hall–Kier alpha value is -1.83. The van der Waals surface area contributed by atoms with Crippen molar-refractivity contribution in [2.45, 2.75) is 13.3 Å². The van der Waals surface area contributed by atoms with E-state index < -0.39 is 0 Å². The van der Waals surface area contributed by atoms with Crippen LogP contribution in [0.15, 0.2) is 18.2 Å². The van der Waals surface area contributed by atoms with E-state index in [4.69, 9.17) is 10.5 Å². The number of nitrogens with one attached hydrogen (secondary N) is 1. The second-order valence-electron chi connectivity index (χ2n) is 4.98. The lowest BCUT2D eigenvalue weighted by Gasteiger charge is -2.10. The first-order valence-electron chi connectivity index (χ1n) is 6.86. The van der Waals surface area contributed by atoms with Crippen LogP contribution < -0.4 is 11.1 Å². The third-order valence-electron chi connectivity index (χ3n) is 3.39. The number of rotatable bonds is 3. The molecule has 1 aliphatic rings. The summed E-state index contributed by atoms with van der Waals surface area (Å²) < 4.78 is 5.29. The summed E-state index contributed by atoms with van der Waals surface area (Å²) in [5.74, 6) is 6.21. The highest BCUT2D eigenvalue weighted by Gasteiger charge is 2.16. The lowest BCUT2D eigenvalue weighted by Crippen LogP contribution is -2.29. The van der Waals surface area contributed by atoms with Crippen LogP contribution in [-0.2, 0) is 4.74 Å². The first-order valence-corrected chi connectivity index (χ1v) is 6.86. The summed E-state index contributed by atoms with van der Waals surface area (Å²) in [6.45, 7) is 4.50. The normalized spacial score (nSPS) is 17.4. The lowest BCUT2D eigenvalue weighted by molar-refractivity contribution is 0.0945. The van der Waals surface area contributed by atoms with Gasteiger partial charge in [-0.1, -0.05) is 11.8 Å². The third-order valence-corrected chi connectivity index (χ3v) is 3.39. The van der Waals surface area contributed by atoms with Crippen LogP contribution in [0.4, 0.5) is 0 Å². The number of benzene rings is 1. The molecule has 1 heterocycles. The fourth-order valence-electron chi connectivity index (χ4n) is 2.17. The van der Waals surface area contributed by atoms with Gasteiger partial charge in [0, 0.05) is 30.2 Å². The minimum Gasteiger partial charge on any atom is -0.381 e. The van der Waals surface area contributed by atoms with Crippen LogP contribution in [-0.4, -0.2) is 32.2 Å². The Bertz CT molecular complexity index is 537. The van der Waals surface area contributed by atoms with Crippen molar-refractivity contribution in [3.63, 3.8) is 0 Å². The SMILES string of the molecule is Cc1cc(C(=O)NCC2CCOC2)ccc1C#CCN. The number of nitrogens with two attached hydrogens (primary N) is 1. The molecule has 1 saturated heterocycles. The molecule has 0 radical (unpaired) electrons. The highest BCUT2D eigenvalue weighted by atomic mass is 16.5. The van der Waals surface area contributed by atoms with Crippen molar-refractivity contribution in [3.05, 3.63) is 34.9 Å². The Morgan fingerprint density at radius 2 is 2.40 bits per heavy atom. The Labute approximate surface area is 119 Å². The molecule has 1 amide bonds. The van der Waals surface area contributed by atoms with Gasteiger partial charge in [0.25, 0.3) is 5.91 Å². The highest BCUT2D eigenvalue weighted by Crippen LogP contribution is 2.12. The zero-order valence-corrected chi connectivity index (χ0v) is 11.7. The van der Waals surface area contributed by atoms with E-state index in [1.807, 2.05) is 19.1 Å². The summed E-state index contributed by atoms with van der Waals surface area (Å²) in [6, 6.07) is 5.53. The van der Waals surface area contributed by atoms with Crippen molar-refractivity contribution in [2.24, 2.45) is 11.7 Å². The number of ether oxygens (including phenoxy) is 1. The molecular formula is C16H20N2O2. The molecule has 1 aromatic carbocycles. The van der Waals surface area contributed by atoms with Gasteiger partial charge in [0.1, 0.15) is 0 Å². The molecule has 2 rings (SSSR count). The fraction of sp³-hybridized carbons (Fsp3) is 0.438. The Morgan fingerprint density at radius 1 is 1.55 bits per heavy atom. The van der Waals surface area contributed by atoms with Crippen molar-refractivity contribution >= 4 is 5.91 Å². The zero-order chi connectivity index (χ0) is 14.4. The number of hydrogen-bond donors (Lipinski definition) is 2. The number of carbonyl (C=O) groups excluding carboxylic acids is 1. The van der Waals surface area contributed by atoms with E-state index in [-0.39, 0.29) is 5.91 Å². The molecule has 1 aliphatic heterocycles. The molecule has 0 bridgehead atoms. The van der Waals surface area contributed by atoms with Gasteiger partial charge >= 0.3 is 0 Å². The molecule has 4 nitrogen and oxygen atoms in total. The van der Waals surface area contributed by atoms with Crippen molar-refractivity contribution in [3.8, 4) is 11.8 Å². The van der Waals surface area contributed by atoms with Gasteiger partial charge in [0.2, 0.25) is 0 Å². The van der Waals surface area contributed by atoms with E-state index in [0.717, 1.165) is 30.8 Å². The van der Waals surface area contributed by atoms with Crippen LogP contribution in [0.3, 0.4) is 0 Å². The molecule has 1 atom stereocenters. The molecule has 0 aromatic heterocycles. The molecule has 0 aliphatic carbocycles. The monoisotopic (exact) mass is 272 g/mol. The average Bonchev–Trinajstić information content (AvgIpc) is 2.96. The lowest BCUT2D eigenvalue weighted by atomic mass is 10.0. The van der Waals surface area contributed by atoms with E-state index in [1.165, 1.54) is 0 Å². The Balaban J connectivity index is 1.97. The second-order valence-corrected chi connectivity index (χ2v) is 4.98. The maximum absolute atomic E-state index is 12.1. The molecule has 3 N–H and O–H groups in total. The zero-order valence-electron chi connectivity index (χ0n) is 11.7. The van der Waals surface area contributed by atoms with E-state index in [2.05, 4.69) is 17.2 Å². The quantitative estimate of drug-likeness (QED) is 0.809. The number of carbonyl (C=O) groups is 1. The molecule has 0 spiro atoms. The van der Waals surface area contributed by atoms with Crippen LogP contribution >= 0.6 is 0 Å². The van der Waals surface area contributed by atoms with E-state index in [1.54, 1.807) is 6.07 Å². The molecule has 1 unspecified atom stereocenters. The maximum atomic E-state index is 12.1. The largest absolute Gasteiger partial charge is 0.381 e. The average molecular weight is 272 g/mol. The van der Waals surface area contributed by atoms with Crippen LogP contribution in [0.2, 0.25) is 0 Å². The standard InChI is InChI=1S/C16H20N2O2/c1-12-9-15(5-4-14(12)3-2-7-17)16(19)18-10-13-6-8-20-11-13/h4-5,9,13H,6-8,10-11,17H2,1H3,(H,18,19). The first-order chi connectivity index (χ1) is 9.70. The molecule has 1 aromatic rings. The maximum Gasteiger partial charge on any atom is 0.251 e. The van der Waals surface area contributed by atoms with Gasteiger partial charge in [0.15, 0.2) is 0 Å². The predicted molar refractivity (Wildman–Crippen MR) is 78.4 cm³/mol. The summed E-state index contributed by atoms with van der Waals surface area (Å²) in [7, 11) is 0. The van der Waals surface area contributed by atoms with Gasteiger partial charge in [-0.2, -0.15) is 0 Å². The predicted octanol–water partition coefficient (Wildman–Crippen LogP) is 1.07. The molecular weight excluding hydrogens is 252 g/mol. The molecule has 4 heteroatoms. The van der Waals surface area contributed by atoms with Crippen molar-refractivity contribution in [1.29, 1.82) is 0 Å². The van der Waals surface area contributed by atoms with Crippen molar-refractivity contribution in [1.82, 2.24) is 5.32 Å². The Morgan fingerprint density at radius 3 is 3.05 bits per heavy atom. The molecule has 20 heavy (non-hydrogen) atoms. The first kappa shape index (κ1) is 14.6. The van der Waals surface area contributed by atoms with E-state index in [0.29, 0.717) is 24.6 Å². The van der Waals surface area contributed by atoms with Gasteiger partial charge < -0.3 is 15.8 Å². The minimum absolute atomic E-state index is 0.0432. The van der Waals surface area contributed by atoms with Gasteiger partial charge in [-0.15, -0.1) is 0 Å².